The molecule has 0 aliphatic heterocycles. The first kappa shape index (κ1) is 29.8. The maximum absolute atomic E-state index is 7.62. The van der Waals surface area contributed by atoms with Gasteiger partial charge in [-0.15, -0.1) is 0 Å². The number of rotatable bonds is 1. The molecule has 0 saturated heterocycles. The van der Waals surface area contributed by atoms with Gasteiger partial charge in [-0.05, 0) is 0 Å². The second-order valence-electron chi connectivity index (χ2n) is 0.855. The van der Waals surface area contributed by atoms with Crippen molar-refractivity contribution in [2.45, 2.75) is 13.8 Å². The average molecular weight is 188 g/mol. The molecule has 0 unspecified atom stereocenters. The Kier molecular flexibility index (Phi) is 328. The third kappa shape index (κ3) is 1190. The molecule has 0 atom stereocenters. The van der Waals surface area contributed by atoms with Gasteiger partial charge in [-0.3, -0.25) is 0 Å². The first-order valence-electron chi connectivity index (χ1n) is 3.40. The lowest BCUT2D eigenvalue weighted by Gasteiger charge is -1.70. The zero-order valence-corrected chi connectivity index (χ0v) is 8.66. The minimum Gasteiger partial charge on any atom is -0.412 e. The molecular formula is C7H24O5. The van der Waals surface area contributed by atoms with Crippen LogP contribution >= 0.6 is 0 Å². The van der Waals surface area contributed by atoms with Gasteiger partial charge < -0.3 is 25.5 Å². The third-order valence-corrected chi connectivity index (χ3v) is 0.1000. The predicted octanol–water partition coefficient (Wildman–Crippen LogP) is -0.956. The SMILES string of the molecule is CC.CO.COC.O.OCCO. The molecule has 0 fully saturated rings. The van der Waals surface area contributed by atoms with Crippen molar-refractivity contribution in [1.82, 2.24) is 0 Å². The van der Waals surface area contributed by atoms with Crippen LogP contribution < -0.4 is 0 Å². The molecule has 12 heavy (non-hydrogen) atoms. The average Bonchev–Trinajstić information content (AvgIpc) is 2.12. The molecule has 82 valence electrons. The third-order valence-electron chi connectivity index (χ3n) is 0.1000. The standard InChI is InChI=1S/C2H6O2.C2H6O.C2H6.CH4O.H2O/c3-1-2-4;1-3-2;2*1-2;/h3-4H,1-2H2;1-2H3;1-2H3;2H,1H3;1H2. The normalized spacial score (nSPS) is 5.00. The second-order valence-corrected chi connectivity index (χ2v) is 0.855. The van der Waals surface area contributed by atoms with Crippen molar-refractivity contribution in [2.24, 2.45) is 0 Å². The van der Waals surface area contributed by atoms with Gasteiger partial charge in [0.15, 0.2) is 0 Å². The lowest BCUT2D eigenvalue weighted by atomic mass is 10.8. The van der Waals surface area contributed by atoms with Crippen molar-refractivity contribution in [3.05, 3.63) is 0 Å². The summed E-state index contributed by atoms with van der Waals surface area (Å²) in [6, 6.07) is 0. The highest BCUT2D eigenvalue weighted by Gasteiger charge is 1.58. The van der Waals surface area contributed by atoms with Crippen molar-refractivity contribution < 1.29 is 25.5 Å². The van der Waals surface area contributed by atoms with Crippen LogP contribution in [0.2, 0.25) is 0 Å². The Hall–Kier alpha value is -0.200. The van der Waals surface area contributed by atoms with Crippen molar-refractivity contribution in [2.75, 3.05) is 34.5 Å². The van der Waals surface area contributed by atoms with E-state index in [9.17, 15) is 0 Å². The zero-order chi connectivity index (χ0) is 10.1. The van der Waals surface area contributed by atoms with Crippen molar-refractivity contribution in [3.63, 3.8) is 0 Å². The number of aliphatic hydroxyl groups is 3. The van der Waals surface area contributed by atoms with Gasteiger partial charge in [0.1, 0.15) is 0 Å². The van der Waals surface area contributed by atoms with Crippen molar-refractivity contribution in [1.29, 1.82) is 0 Å². The van der Waals surface area contributed by atoms with E-state index in [1.165, 1.54) is 0 Å². The van der Waals surface area contributed by atoms with Crippen LogP contribution in [-0.4, -0.2) is 55.3 Å². The Morgan fingerprint density at radius 3 is 1.00 bits per heavy atom. The molecule has 0 aliphatic carbocycles. The van der Waals surface area contributed by atoms with Crippen LogP contribution in [0.15, 0.2) is 0 Å². The van der Waals surface area contributed by atoms with Crippen LogP contribution in [0.25, 0.3) is 0 Å². The number of hydrogen-bond acceptors (Lipinski definition) is 4. The van der Waals surface area contributed by atoms with Crippen LogP contribution in [0.1, 0.15) is 13.8 Å². The molecule has 0 heterocycles. The first-order chi connectivity index (χ1) is 5.33. The molecule has 5 nitrogen and oxygen atoms in total. The highest BCUT2D eigenvalue weighted by molar-refractivity contribution is 4.06. The molecule has 5 N–H and O–H groups in total. The summed E-state index contributed by atoms with van der Waals surface area (Å²) in [5.41, 5.74) is 0. The summed E-state index contributed by atoms with van der Waals surface area (Å²) in [6.07, 6.45) is 0. The van der Waals surface area contributed by atoms with Gasteiger partial charge in [0.2, 0.25) is 0 Å². The van der Waals surface area contributed by atoms with Gasteiger partial charge in [-0.1, -0.05) is 13.8 Å². The Bertz CT molecular complexity index is 19.3. The minimum atomic E-state index is -0.125. The number of methoxy groups -OCH3 is 1. The molecule has 0 rings (SSSR count). The Morgan fingerprint density at radius 1 is 0.917 bits per heavy atom. The topological polar surface area (TPSA) is 101 Å². The molecule has 0 radical (unpaired) electrons. The van der Waals surface area contributed by atoms with Gasteiger partial charge in [0.05, 0.1) is 13.2 Å². The number of hydrogen-bond donors (Lipinski definition) is 3. The van der Waals surface area contributed by atoms with Gasteiger partial charge in [0, 0.05) is 21.3 Å². The molecule has 0 bridgehead atoms. The molecule has 0 amide bonds. The van der Waals surface area contributed by atoms with Crippen molar-refractivity contribution in [3.8, 4) is 0 Å². The summed E-state index contributed by atoms with van der Waals surface area (Å²) < 4.78 is 4.25. The quantitative estimate of drug-likeness (QED) is 0.493. The summed E-state index contributed by atoms with van der Waals surface area (Å²) in [7, 11) is 4.25. The molecule has 0 aromatic carbocycles. The van der Waals surface area contributed by atoms with Crippen molar-refractivity contribution >= 4 is 0 Å². The van der Waals surface area contributed by atoms with Gasteiger partial charge in [-0.25, -0.2) is 0 Å². The van der Waals surface area contributed by atoms with E-state index in [1.807, 2.05) is 13.8 Å². The fraction of sp³-hybridized carbons (Fsp3) is 1.00. The van der Waals surface area contributed by atoms with E-state index in [1.54, 1.807) is 14.2 Å². The first-order valence-corrected chi connectivity index (χ1v) is 3.40. The van der Waals surface area contributed by atoms with Gasteiger partial charge in [0.25, 0.3) is 0 Å². The maximum Gasteiger partial charge on any atom is 0.0662 e. The highest BCUT2D eigenvalue weighted by Crippen LogP contribution is 1.39. The molecule has 0 aromatic heterocycles. The van der Waals surface area contributed by atoms with E-state index < -0.39 is 0 Å². The molecular weight excluding hydrogens is 164 g/mol. The van der Waals surface area contributed by atoms with E-state index in [2.05, 4.69) is 4.74 Å². The van der Waals surface area contributed by atoms with Gasteiger partial charge >= 0.3 is 0 Å². The van der Waals surface area contributed by atoms with E-state index in [0.29, 0.717) is 0 Å². The summed E-state index contributed by atoms with van der Waals surface area (Å²) in [5, 5.41) is 22.2. The Balaban J connectivity index is -0.0000000186. The lowest BCUT2D eigenvalue weighted by molar-refractivity contribution is 0.186. The smallest absolute Gasteiger partial charge is 0.0662 e. The zero-order valence-electron chi connectivity index (χ0n) is 8.66. The van der Waals surface area contributed by atoms with E-state index >= 15 is 0 Å². The summed E-state index contributed by atoms with van der Waals surface area (Å²) in [4.78, 5) is 0. The summed E-state index contributed by atoms with van der Waals surface area (Å²) in [6.45, 7) is 3.75. The van der Waals surface area contributed by atoms with Crippen LogP contribution in [-0.2, 0) is 4.74 Å². The maximum atomic E-state index is 7.62. The molecule has 0 aromatic rings. The number of aliphatic hydroxyl groups excluding tert-OH is 3. The van der Waals surface area contributed by atoms with Crippen LogP contribution in [0, 0.1) is 0 Å². The second kappa shape index (κ2) is 132. The Labute approximate surface area is 74.9 Å². The fourth-order valence-corrected chi connectivity index (χ4v) is 0. The molecule has 0 saturated carbocycles. The van der Waals surface area contributed by atoms with E-state index in [0.717, 1.165) is 7.11 Å². The fourth-order valence-electron chi connectivity index (χ4n) is 0. The molecule has 0 aliphatic rings. The van der Waals surface area contributed by atoms with Gasteiger partial charge in [-0.2, -0.15) is 0 Å². The Morgan fingerprint density at radius 2 is 1.00 bits per heavy atom. The van der Waals surface area contributed by atoms with Crippen LogP contribution in [0.3, 0.4) is 0 Å². The summed E-state index contributed by atoms with van der Waals surface area (Å²) >= 11 is 0. The van der Waals surface area contributed by atoms with Crippen LogP contribution in [0.4, 0.5) is 0 Å². The van der Waals surface area contributed by atoms with Crippen LogP contribution in [0.5, 0.6) is 0 Å². The minimum absolute atomic E-state index is 0. The molecule has 5 heteroatoms. The number of ether oxygens (including phenoxy) is 1. The predicted molar refractivity (Wildman–Crippen MR) is 50.2 cm³/mol. The lowest BCUT2D eigenvalue weighted by Crippen LogP contribution is -1.85. The van der Waals surface area contributed by atoms with E-state index in [-0.39, 0.29) is 18.7 Å². The van der Waals surface area contributed by atoms with E-state index in [4.69, 9.17) is 15.3 Å². The monoisotopic (exact) mass is 188 g/mol. The molecule has 0 spiro atoms. The highest BCUT2D eigenvalue weighted by atomic mass is 16.4. The summed E-state index contributed by atoms with van der Waals surface area (Å²) in [5.74, 6) is 0. The largest absolute Gasteiger partial charge is 0.412 e.